The van der Waals surface area contributed by atoms with Crippen LogP contribution in [0.2, 0.25) is 0 Å². The molecule has 1 aliphatic heterocycles. The van der Waals surface area contributed by atoms with E-state index in [0.29, 0.717) is 18.4 Å². The summed E-state index contributed by atoms with van der Waals surface area (Å²) in [6, 6.07) is 6.21. The fraction of sp³-hybridized carbons (Fsp3) is 0.333. The highest BCUT2D eigenvalue weighted by atomic mass is 19.1. The first kappa shape index (κ1) is 9.78. The van der Waals surface area contributed by atoms with Gasteiger partial charge in [-0.1, -0.05) is 12.1 Å². The molecule has 2 heterocycles. The lowest BCUT2D eigenvalue weighted by Crippen LogP contribution is -2.22. The van der Waals surface area contributed by atoms with Crippen molar-refractivity contribution in [1.29, 1.82) is 0 Å². The van der Waals surface area contributed by atoms with E-state index < -0.39 is 11.5 Å². The van der Waals surface area contributed by atoms with Crippen LogP contribution >= 0.6 is 0 Å². The summed E-state index contributed by atoms with van der Waals surface area (Å²) < 4.78 is 33.0. The van der Waals surface area contributed by atoms with Crippen LogP contribution < -0.4 is 5.32 Å². The van der Waals surface area contributed by atoms with E-state index in [1.165, 1.54) is 6.07 Å². The molecule has 1 aromatic heterocycles. The molecule has 2 aromatic rings. The largest absolute Gasteiger partial charge is 0.455 e. The molecule has 0 spiro atoms. The van der Waals surface area contributed by atoms with Crippen molar-refractivity contribution in [2.24, 2.45) is 0 Å². The minimum atomic E-state index is -1.49. The first-order valence-electron chi connectivity index (χ1n) is 5.27. The van der Waals surface area contributed by atoms with Crippen LogP contribution in [0.25, 0.3) is 11.0 Å². The van der Waals surface area contributed by atoms with Crippen LogP contribution in [0.15, 0.2) is 28.7 Å². The Labute approximate surface area is 91.2 Å². The van der Waals surface area contributed by atoms with Crippen LogP contribution in [0.3, 0.4) is 0 Å². The van der Waals surface area contributed by atoms with Crippen molar-refractivity contribution in [3.05, 3.63) is 35.8 Å². The Hall–Kier alpha value is -1.42. The van der Waals surface area contributed by atoms with Crippen LogP contribution in [0, 0.1) is 5.82 Å². The number of halogens is 2. The molecule has 16 heavy (non-hydrogen) atoms. The third-order valence-corrected chi connectivity index (χ3v) is 3.04. The van der Waals surface area contributed by atoms with Crippen LogP contribution in [0.1, 0.15) is 12.2 Å². The molecular formula is C12H11F2NO. The van der Waals surface area contributed by atoms with Gasteiger partial charge in [0, 0.05) is 18.4 Å². The Morgan fingerprint density at radius 2 is 2.25 bits per heavy atom. The molecular weight excluding hydrogens is 212 g/mol. The Bertz CT molecular complexity index is 529. The number of hydrogen-bond donors (Lipinski definition) is 1. The fourth-order valence-corrected chi connectivity index (χ4v) is 2.12. The summed E-state index contributed by atoms with van der Waals surface area (Å²) in [5, 5.41) is 3.55. The molecule has 0 radical (unpaired) electrons. The van der Waals surface area contributed by atoms with E-state index in [4.69, 9.17) is 4.42 Å². The molecule has 1 fully saturated rings. The molecule has 4 heteroatoms. The van der Waals surface area contributed by atoms with Crippen molar-refractivity contribution in [3.63, 3.8) is 0 Å². The summed E-state index contributed by atoms with van der Waals surface area (Å²) in [5.74, 6) is -0.226. The first-order chi connectivity index (χ1) is 7.69. The minimum absolute atomic E-state index is 0.140. The van der Waals surface area contributed by atoms with E-state index in [0.717, 1.165) is 0 Å². The van der Waals surface area contributed by atoms with Crippen LogP contribution in [0.4, 0.5) is 8.78 Å². The van der Waals surface area contributed by atoms with Gasteiger partial charge in [0.2, 0.25) is 0 Å². The summed E-state index contributed by atoms with van der Waals surface area (Å²) in [6.07, 6.45) is 0.369. The number of alkyl halides is 1. The summed E-state index contributed by atoms with van der Waals surface area (Å²) in [6.45, 7) is 0.852. The number of para-hydroxylation sites is 1. The van der Waals surface area contributed by atoms with Gasteiger partial charge in [-0.15, -0.1) is 0 Å². The number of fused-ring (bicyclic) bond motifs is 1. The summed E-state index contributed by atoms with van der Waals surface area (Å²) in [5.41, 5.74) is -1.35. The lowest BCUT2D eigenvalue weighted by atomic mass is 10.0. The van der Waals surface area contributed by atoms with E-state index in [1.54, 1.807) is 18.2 Å². The van der Waals surface area contributed by atoms with Gasteiger partial charge < -0.3 is 9.73 Å². The Morgan fingerprint density at radius 3 is 2.94 bits per heavy atom. The second-order valence-electron chi connectivity index (χ2n) is 4.16. The van der Waals surface area contributed by atoms with Gasteiger partial charge in [0.05, 0.1) is 0 Å². The summed E-state index contributed by atoms with van der Waals surface area (Å²) in [4.78, 5) is 0. The van der Waals surface area contributed by atoms with Gasteiger partial charge in [-0.05, 0) is 18.7 Å². The highest BCUT2D eigenvalue weighted by Gasteiger charge is 2.39. The Balaban J connectivity index is 2.15. The molecule has 1 aliphatic rings. The average molecular weight is 223 g/mol. The number of nitrogens with one attached hydrogen (secondary N) is 1. The average Bonchev–Trinajstić information content (AvgIpc) is 2.85. The van der Waals surface area contributed by atoms with Gasteiger partial charge in [-0.3, -0.25) is 0 Å². The number of furan rings is 1. The van der Waals surface area contributed by atoms with Gasteiger partial charge in [0.15, 0.2) is 17.1 Å². The molecule has 84 valence electrons. The maximum absolute atomic E-state index is 14.3. The van der Waals surface area contributed by atoms with Gasteiger partial charge in [0.25, 0.3) is 0 Å². The monoisotopic (exact) mass is 223 g/mol. The molecule has 0 amide bonds. The molecule has 2 nitrogen and oxygen atoms in total. The van der Waals surface area contributed by atoms with E-state index in [9.17, 15) is 8.78 Å². The molecule has 1 N–H and O–H groups in total. The highest BCUT2D eigenvalue weighted by molar-refractivity contribution is 5.78. The molecule has 1 saturated heterocycles. The second-order valence-corrected chi connectivity index (χ2v) is 4.16. The molecule has 1 unspecified atom stereocenters. The van der Waals surface area contributed by atoms with Gasteiger partial charge in [-0.2, -0.15) is 0 Å². The third-order valence-electron chi connectivity index (χ3n) is 3.04. The second kappa shape index (κ2) is 3.28. The lowest BCUT2D eigenvalue weighted by molar-refractivity contribution is 0.157. The van der Waals surface area contributed by atoms with Gasteiger partial charge in [0.1, 0.15) is 5.76 Å². The predicted octanol–water partition coefficient (Wildman–Crippen LogP) is 2.73. The quantitative estimate of drug-likeness (QED) is 0.804. The lowest BCUT2D eigenvalue weighted by Gasteiger charge is -2.13. The number of benzene rings is 1. The standard InChI is InChI=1S/C12H11F2NO/c13-9-3-1-2-8-6-10(16-11(8)9)12(14)4-5-15-7-12/h1-3,6,15H,4-5,7H2. The van der Waals surface area contributed by atoms with Crippen molar-refractivity contribution in [2.75, 3.05) is 13.1 Å². The molecule has 1 aromatic carbocycles. The molecule has 0 aliphatic carbocycles. The van der Waals surface area contributed by atoms with E-state index in [1.807, 2.05) is 0 Å². The molecule has 1 atom stereocenters. The smallest absolute Gasteiger partial charge is 0.181 e. The molecule has 0 saturated carbocycles. The van der Waals surface area contributed by atoms with Crippen molar-refractivity contribution in [3.8, 4) is 0 Å². The summed E-state index contributed by atoms with van der Waals surface area (Å²) >= 11 is 0. The minimum Gasteiger partial charge on any atom is -0.455 e. The van der Waals surface area contributed by atoms with Crippen LogP contribution in [-0.2, 0) is 5.67 Å². The third kappa shape index (κ3) is 1.33. The van der Waals surface area contributed by atoms with Gasteiger partial charge in [-0.25, -0.2) is 8.78 Å². The normalized spacial score (nSPS) is 25.4. The topological polar surface area (TPSA) is 25.2 Å². The predicted molar refractivity (Wildman–Crippen MR) is 56.4 cm³/mol. The number of rotatable bonds is 1. The van der Waals surface area contributed by atoms with E-state index in [-0.39, 0.29) is 17.9 Å². The Morgan fingerprint density at radius 1 is 1.38 bits per heavy atom. The van der Waals surface area contributed by atoms with Crippen molar-refractivity contribution in [1.82, 2.24) is 5.32 Å². The fourth-order valence-electron chi connectivity index (χ4n) is 2.12. The number of hydrogen-bond acceptors (Lipinski definition) is 2. The SMILES string of the molecule is Fc1cccc2cc(C3(F)CCNC3)oc12. The molecule has 0 bridgehead atoms. The van der Waals surface area contributed by atoms with Crippen molar-refractivity contribution >= 4 is 11.0 Å². The van der Waals surface area contributed by atoms with Crippen molar-refractivity contribution in [2.45, 2.75) is 12.1 Å². The highest BCUT2D eigenvalue weighted by Crippen LogP contribution is 2.36. The zero-order valence-corrected chi connectivity index (χ0v) is 8.59. The zero-order chi connectivity index (χ0) is 11.2. The Kier molecular flexibility index (Phi) is 2.01. The van der Waals surface area contributed by atoms with E-state index in [2.05, 4.69) is 5.32 Å². The zero-order valence-electron chi connectivity index (χ0n) is 8.59. The summed E-state index contributed by atoms with van der Waals surface area (Å²) in [7, 11) is 0. The van der Waals surface area contributed by atoms with Gasteiger partial charge >= 0.3 is 0 Å². The van der Waals surface area contributed by atoms with Crippen LogP contribution in [-0.4, -0.2) is 13.1 Å². The van der Waals surface area contributed by atoms with Crippen molar-refractivity contribution < 1.29 is 13.2 Å². The maximum Gasteiger partial charge on any atom is 0.181 e. The van der Waals surface area contributed by atoms with Crippen LogP contribution in [0.5, 0.6) is 0 Å². The maximum atomic E-state index is 14.3. The first-order valence-corrected chi connectivity index (χ1v) is 5.27. The molecule has 3 rings (SSSR count). The van der Waals surface area contributed by atoms with E-state index >= 15 is 0 Å².